The molecule has 5 heteroatoms. The molecule has 1 aliphatic heterocycles. The molecule has 3 rings (SSSR count). The minimum absolute atomic E-state index is 0.0380. The van der Waals surface area contributed by atoms with Crippen LogP contribution < -0.4 is 5.32 Å². The average Bonchev–Trinajstić information content (AvgIpc) is 3.02. The maximum atomic E-state index is 12.8. The lowest BCUT2D eigenvalue weighted by Crippen LogP contribution is -2.30. The zero-order valence-corrected chi connectivity index (χ0v) is 17.4. The summed E-state index contributed by atoms with van der Waals surface area (Å²) in [4.78, 5) is 27.0. The predicted octanol–water partition coefficient (Wildman–Crippen LogP) is 4.80. The molecule has 2 aromatic rings. The van der Waals surface area contributed by atoms with Crippen molar-refractivity contribution in [3.8, 4) is 0 Å². The molecule has 0 radical (unpaired) electrons. The van der Waals surface area contributed by atoms with Crippen molar-refractivity contribution in [3.05, 3.63) is 64.2 Å². The normalized spacial score (nSPS) is 16.7. The summed E-state index contributed by atoms with van der Waals surface area (Å²) < 4.78 is 0. The van der Waals surface area contributed by atoms with Crippen LogP contribution in [0.25, 0.3) is 0 Å². The average molecular weight is 399 g/mol. The first kappa shape index (κ1) is 20.4. The highest BCUT2D eigenvalue weighted by Gasteiger charge is 2.34. The summed E-state index contributed by atoms with van der Waals surface area (Å²) in [6.45, 7) is 7.29. The molecule has 1 unspecified atom stereocenters. The summed E-state index contributed by atoms with van der Waals surface area (Å²) in [5.41, 5.74) is 4.14. The lowest BCUT2D eigenvalue weighted by atomic mass is 9.97. The molecule has 0 spiro atoms. The van der Waals surface area contributed by atoms with Crippen LogP contribution in [-0.2, 0) is 16.0 Å². The van der Waals surface area contributed by atoms with Crippen LogP contribution in [0.15, 0.2) is 42.5 Å². The second-order valence-corrected chi connectivity index (χ2v) is 8.24. The van der Waals surface area contributed by atoms with E-state index < -0.39 is 0 Å². The Hall–Kier alpha value is -2.33. The van der Waals surface area contributed by atoms with E-state index in [1.165, 1.54) is 0 Å². The minimum atomic E-state index is -0.313. The van der Waals surface area contributed by atoms with E-state index in [-0.39, 0.29) is 24.2 Å². The maximum absolute atomic E-state index is 12.8. The first-order valence-corrected chi connectivity index (χ1v) is 10.2. The van der Waals surface area contributed by atoms with E-state index in [4.69, 9.17) is 11.6 Å². The van der Waals surface area contributed by atoms with Gasteiger partial charge in [0, 0.05) is 30.2 Å². The van der Waals surface area contributed by atoms with Crippen LogP contribution in [0, 0.1) is 12.8 Å². The van der Waals surface area contributed by atoms with Crippen LogP contribution in [0.2, 0.25) is 5.02 Å². The highest BCUT2D eigenvalue weighted by atomic mass is 35.5. The second kappa shape index (κ2) is 8.78. The van der Waals surface area contributed by atoms with E-state index in [1.54, 1.807) is 4.90 Å². The Morgan fingerprint density at radius 1 is 1.25 bits per heavy atom. The number of nitrogens with one attached hydrogen (secondary N) is 1. The maximum Gasteiger partial charge on any atom is 0.229 e. The van der Waals surface area contributed by atoms with Gasteiger partial charge in [0.25, 0.3) is 0 Å². The number of likely N-dealkylation sites (tertiary alicyclic amines) is 1. The molecule has 1 saturated heterocycles. The Morgan fingerprint density at radius 2 is 2.00 bits per heavy atom. The molecular formula is C23H27ClN2O2. The van der Waals surface area contributed by atoms with Crippen LogP contribution in [0.3, 0.4) is 0 Å². The van der Waals surface area contributed by atoms with E-state index in [9.17, 15) is 9.59 Å². The van der Waals surface area contributed by atoms with Crippen molar-refractivity contribution in [3.63, 3.8) is 0 Å². The summed E-state index contributed by atoms with van der Waals surface area (Å²) in [6.07, 6.45) is 1.00. The topological polar surface area (TPSA) is 49.4 Å². The monoisotopic (exact) mass is 398 g/mol. The summed E-state index contributed by atoms with van der Waals surface area (Å²) in [7, 11) is 0. The van der Waals surface area contributed by atoms with Gasteiger partial charge in [-0.25, -0.2) is 0 Å². The molecule has 4 nitrogen and oxygen atoms in total. The number of hydrogen-bond donors (Lipinski definition) is 1. The van der Waals surface area contributed by atoms with Crippen molar-refractivity contribution >= 4 is 29.1 Å². The number of aryl methyl sites for hydroxylation is 1. The number of carbonyl (C=O) groups excluding carboxylic acids is 2. The highest BCUT2D eigenvalue weighted by Crippen LogP contribution is 2.29. The molecule has 28 heavy (non-hydrogen) atoms. The number of hydrogen-bond acceptors (Lipinski definition) is 2. The molecule has 2 aromatic carbocycles. The molecule has 148 valence electrons. The standard InChI is InChI=1S/C23H27ClN2O2/c1-15(2)20-9-4-6-16(3)22(20)25-23(28)18-13-21(27)26(14-18)11-10-17-7-5-8-19(24)12-17/h4-9,12,15,18H,10-11,13-14H2,1-3H3,(H,25,28). The number of anilines is 1. The van der Waals surface area contributed by atoms with Crippen molar-refractivity contribution in [2.45, 2.75) is 39.5 Å². The van der Waals surface area contributed by atoms with E-state index in [2.05, 4.69) is 19.2 Å². The summed E-state index contributed by atoms with van der Waals surface area (Å²) in [6, 6.07) is 13.7. The predicted molar refractivity (Wildman–Crippen MR) is 114 cm³/mol. The van der Waals surface area contributed by atoms with Crippen molar-refractivity contribution in [1.29, 1.82) is 0 Å². The lowest BCUT2D eigenvalue weighted by Gasteiger charge is -2.19. The number of carbonyl (C=O) groups is 2. The quantitative estimate of drug-likeness (QED) is 0.759. The Bertz CT molecular complexity index is 879. The van der Waals surface area contributed by atoms with Gasteiger partial charge in [-0.05, 0) is 48.1 Å². The van der Waals surface area contributed by atoms with Crippen LogP contribution in [0.4, 0.5) is 5.69 Å². The SMILES string of the molecule is Cc1cccc(C(C)C)c1NC(=O)C1CC(=O)N(CCc2cccc(Cl)c2)C1. The molecule has 1 N–H and O–H groups in total. The van der Waals surface area contributed by atoms with Crippen molar-refractivity contribution < 1.29 is 9.59 Å². The van der Waals surface area contributed by atoms with Crippen molar-refractivity contribution in [1.82, 2.24) is 4.90 Å². The van der Waals surface area contributed by atoms with Gasteiger partial charge in [0.1, 0.15) is 0 Å². The molecule has 0 bridgehead atoms. The minimum Gasteiger partial charge on any atom is -0.342 e. The fourth-order valence-electron chi connectivity index (χ4n) is 3.69. The third kappa shape index (κ3) is 4.74. The number of amides is 2. The third-order valence-electron chi connectivity index (χ3n) is 5.32. The third-order valence-corrected chi connectivity index (χ3v) is 5.56. The molecule has 1 heterocycles. The van der Waals surface area contributed by atoms with E-state index in [0.29, 0.717) is 24.0 Å². The van der Waals surface area contributed by atoms with Gasteiger partial charge >= 0.3 is 0 Å². The van der Waals surface area contributed by atoms with E-state index in [1.807, 2.05) is 49.4 Å². The Labute approximate surface area is 171 Å². The molecular weight excluding hydrogens is 372 g/mol. The number of para-hydroxylation sites is 1. The zero-order valence-electron chi connectivity index (χ0n) is 16.7. The van der Waals surface area contributed by atoms with Gasteiger partial charge in [0.2, 0.25) is 11.8 Å². The lowest BCUT2D eigenvalue weighted by molar-refractivity contribution is -0.128. The Balaban J connectivity index is 1.63. The largest absolute Gasteiger partial charge is 0.342 e. The Kier molecular flexibility index (Phi) is 6.40. The molecule has 0 saturated carbocycles. The van der Waals surface area contributed by atoms with Crippen molar-refractivity contribution in [2.75, 3.05) is 18.4 Å². The first-order valence-electron chi connectivity index (χ1n) is 9.77. The number of rotatable bonds is 6. The molecule has 0 aliphatic carbocycles. The zero-order chi connectivity index (χ0) is 20.3. The van der Waals surface area contributed by atoms with Gasteiger partial charge in [-0.3, -0.25) is 9.59 Å². The smallest absolute Gasteiger partial charge is 0.229 e. The van der Waals surface area contributed by atoms with Crippen LogP contribution in [0.1, 0.15) is 42.9 Å². The van der Waals surface area contributed by atoms with Crippen LogP contribution in [-0.4, -0.2) is 29.8 Å². The Morgan fingerprint density at radius 3 is 2.71 bits per heavy atom. The number of halogens is 1. The van der Waals surface area contributed by atoms with Gasteiger partial charge in [-0.1, -0.05) is 55.8 Å². The van der Waals surface area contributed by atoms with E-state index >= 15 is 0 Å². The molecule has 0 aromatic heterocycles. The van der Waals surface area contributed by atoms with E-state index in [0.717, 1.165) is 28.8 Å². The van der Waals surface area contributed by atoms with Crippen LogP contribution in [0.5, 0.6) is 0 Å². The summed E-state index contributed by atoms with van der Waals surface area (Å²) in [5.74, 6) is -0.0352. The number of benzene rings is 2. The molecule has 1 atom stereocenters. The summed E-state index contributed by atoms with van der Waals surface area (Å²) >= 11 is 6.02. The molecule has 2 amide bonds. The van der Waals surface area contributed by atoms with Gasteiger partial charge in [0.05, 0.1) is 5.92 Å². The number of nitrogens with zero attached hydrogens (tertiary/aromatic N) is 1. The van der Waals surface area contributed by atoms with Crippen molar-refractivity contribution in [2.24, 2.45) is 5.92 Å². The van der Waals surface area contributed by atoms with Crippen LogP contribution >= 0.6 is 11.6 Å². The first-order chi connectivity index (χ1) is 13.3. The highest BCUT2D eigenvalue weighted by molar-refractivity contribution is 6.30. The van der Waals surface area contributed by atoms with Gasteiger partial charge in [-0.2, -0.15) is 0 Å². The molecule has 1 fully saturated rings. The van der Waals surface area contributed by atoms with Gasteiger partial charge in [0.15, 0.2) is 0 Å². The molecule has 1 aliphatic rings. The fraction of sp³-hybridized carbons (Fsp3) is 0.391. The fourth-order valence-corrected chi connectivity index (χ4v) is 3.90. The second-order valence-electron chi connectivity index (χ2n) is 7.80. The van der Waals surface area contributed by atoms with Gasteiger partial charge < -0.3 is 10.2 Å². The summed E-state index contributed by atoms with van der Waals surface area (Å²) in [5, 5.41) is 3.79. The van der Waals surface area contributed by atoms with Gasteiger partial charge in [-0.15, -0.1) is 0 Å².